The summed E-state index contributed by atoms with van der Waals surface area (Å²) < 4.78 is 23.6. The highest BCUT2D eigenvalue weighted by Gasteiger charge is 2.19. The first kappa shape index (κ1) is 21.3. The average molecular weight is 428 g/mol. The van der Waals surface area contributed by atoms with Crippen LogP contribution in [-0.4, -0.2) is 32.6 Å². The predicted molar refractivity (Wildman–Crippen MR) is 113 cm³/mol. The number of ether oxygens (including phenoxy) is 2. The molecule has 0 aliphatic carbocycles. The summed E-state index contributed by atoms with van der Waals surface area (Å²) in [7, 11) is 2.99. The van der Waals surface area contributed by atoms with Crippen LogP contribution < -0.4 is 20.1 Å². The van der Waals surface area contributed by atoms with Crippen LogP contribution in [0.25, 0.3) is 0 Å². The second-order valence-electron chi connectivity index (χ2n) is 6.32. The molecule has 1 heterocycles. The number of rotatable bonds is 8. The van der Waals surface area contributed by atoms with Crippen LogP contribution in [0, 0.1) is 5.82 Å². The van der Waals surface area contributed by atoms with Crippen LogP contribution in [0.2, 0.25) is 0 Å². The zero-order chi connectivity index (χ0) is 21.5. The van der Waals surface area contributed by atoms with Crippen molar-refractivity contribution in [1.29, 1.82) is 0 Å². The molecule has 0 saturated heterocycles. The van der Waals surface area contributed by atoms with E-state index in [4.69, 9.17) is 9.47 Å². The number of carbonyl (C=O) groups is 2. The van der Waals surface area contributed by atoms with Crippen molar-refractivity contribution in [2.75, 3.05) is 20.8 Å². The first-order valence-electron chi connectivity index (χ1n) is 9.10. The first-order valence-corrected chi connectivity index (χ1v) is 9.98. The molecule has 3 rings (SSSR count). The fraction of sp³-hybridized carbons (Fsp3) is 0.182. The standard InChI is InChI=1S/C22H21FN2O4S/c1-28-17-10-7-15(12-18(17)29-2)22(27)24-13-20(26)25-21(19-4-3-11-30-19)14-5-8-16(23)9-6-14/h3-12,21H,13H2,1-2H3,(H,24,27)(H,25,26). The Balaban J connectivity index is 1.66. The number of halogens is 1. The SMILES string of the molecule is COc1ccc(C(=O)NCC(=O)NC(c2ccc(F)cc2)c2cccs2)cc1OC. The summed E-state index contributed by atoms with van der Waals surface area (Å²) in [4.78, 5) is 25.8. The lowest BCUT2D eigenvalue weighted by molar-refractivity contribution is -0.120. The van der Waals surface area contributed by atoms with Gasteiger partial charge in [-0.05, 0) is 47.3 Å². The Hall–Kier alpha value is -3.39. The van der Waals surface area contributed by atoms with Crippen molar-refractivity contribution in [2.45, 2.75) is 6.04 Å². The maximum absolute atomic E-state index is 13.3. The number of methoxy groups -OCH3 is 2. The minimum Gasteiger partial charge on any atom is -0.493 e. The molecule has 1 aromatic heterocycles. The lowest BCUT2D eigenvalue weighted by Crippen LogP contribution is -2.38. The fourth-order valence-electron chi connectivity index (χ4n) is 2.88. The molecule has 8 heteroatoms. The molecule has 0 radical (unpaired) electrons. The van der Waals surface area contributed by atoms with Gasteiger partial charge in [0.15, 0.2) is 11.5 Å². The highest BCUT2D eigenvalue weighted by Crippen LogP contribution is 2.28. The maximum Gasteiger partial charge on any atom is 0.251 e. The Morgan fingerprint density at radius 2 is 1.77 bits per heavy atom. The molecule has 30 heavy (non-hydrogen) atoms. The zero-order valence-corrected chi connectivity index (χ0v) is 17.3. The maximum atomic E-state index is 13.3. The lowest BCUT2D eigenvalue weighted by Gasteiger charge is -2.18. The fourth-order valence-corrected chi connectivity index (χ4v) is 3.68. The number of amides is 2. The summed E-state index contributed by atoms with van der Waals surface area (Å²) in [6.45, 7) is -0.212. The van der Waals surface area contributed by atoms with E-state index in [9.17, 15) is 14.0 Å². The Kier molecular flexibility index (Phi) is 7.03. The van der Waals surface area contributed by atoms with E-state index in [1.807, 2.05) is 17.5 Å². The summed E-state index contributed by atoms with van der Waals surface area (Å²) in [5.74, 6) is -0.210. The van der Waals surface area contributed by atoms with E-state index in [0.29, 0.717) is 17.1 Å². The number of benzene rings is 2. The van der Waals surface area contributed by atoms with Gasteiger partial charge in [-0.2, -0.15) is 0 Å². The van der Waals surface area contributed by atoms with Gasteiger partial charge in [0.25, 0.3) is 5.91 Å². The molecular formula is C22H21FN2O4S. The van der Waals surface area contributed by atoms with Crippen LogP contribution in [0.15, 0.2) is 60.0 Å². The molecule has 1 unspecified atom stereocenters. The van der Waals surface area contributed by atoms with E-state index in [0.717, 1.165) is 10.4 Å². The zero-order valence-electron chi connectivity index (χ0n) is 16.5. The normalized spacial score (nSPS) is 11.4. The van der Waals surface area contributed by atoms with Crippen molar-refractivity contribution in [3.63, 3.8) is 0 Å². The van der Waals surface area contributed by atoms with Crippen LogP contribution in [0.1, 0.15) is 26.8 Å². The minimum absolute atomic E-state index is 0.212. The summed E-state index contributed by atoms with van der Waals surface area (Å²) in [5, 5.41) is 7.39. The summed E-state index contributed by atoms with van der Waals surface area (Å²) in [5.41, 5.74) is 1.09. The van der Waals surface area contributed by atoms with Gasteiger partial charge in [-0.1, -0.05) is 18.2 Å². The van der Waals surface area contributed by atoms with Gasteiger partial charge in [0.05, 0.1) is 26.8 Å². The summed E-state index contributed by atoms with van der Waals surface area (Å²) in [6, 6.07) is 14.0. The third kappa shape index (κ3) is 5.15. The molecule has 6 nitrogen and oxygen atoms in total. The van der Waals surface area contributed by atoms with Crippen LogP contribution in [0.5, 0.6) is 11.5 Å². The van der Waals surface area contributed by atoms with E-state index in [-0.39, 0.29) is 18.3 Å². The predicted octanol–water partition coefficient (Wildman–Crippen LogP) is 3.54. The van der Waals surface area contributed by atoms with Gasteiger partial charge in [0, 0.05) is 10.4 Å². The quantitative estimate of drug-likeness (QED) is 0.575. The monoisotopic (exact) mass is 428 g/mol. The van der Waals surface area contributed by atoms with Gasteiger partial charge in [0.2, 0.25) is 5.91 Å². The molecule has 156 valence electrons. The topological polar surface area (TPSA) is 76.7 Å². The summed E-state index contributed by atoms with van der Waals surface area (Å²) in [6.07, 6.45) is 0. The second kappa shape index (κ2) is 9.89. The molecule has 2 N–H and O–H groups in total. The van der Waals surface area contributed by atoms with Crippen molar-refractivity contribution in [3.8, 4) is 11.5 Å². The van der Waals surface area contributed by atoms with E-state index in [2.05, 4.69) is 10.6 Å². The molecule has 0 aliphatic rings. The number of carbonyl (C=O) groups excluding carboxylic acids is 2. The van der Waals surface area contributed by atoms with Crippen molar-refractivity contribution in [3.05, 3.63) is 81.8 Å². The van der Waals surface area contributed by atoms with Gasteiger partial charge < -0.3 is 20.1 Å². The molecule has 2 aromatic carbocycles. The number of thiophene rings is 1. The number of nitrogens with one attached hydrogen (secondary N) is 2. The van der Waals surface area contributed by atoms with Crippen LogP contribution in [0.3, 0.4) is 0 Å². The Morgan fingerprint density at radius 1 is 1.03 bits per heavy atom. The van der Waals surface area contributed by atoms with Gasteiger partial charge >= 0.3 is 0 Å². The lowest BCUT2D eigenvalue weighted by atomic mass is 10.1. The van der Waals surface area contributed by atoms with Gasteiger partial charge in [0.1, 0.15) is 5.82 Å². The Morgan fingerprint density at radius 3 is 2.40 bits per heavy atom. The molecule has 2 amide bonds. The second-order valence-corrected chi connectivity index (χ2v) is 7.30. The van der Waals surface area contributed by atoms with Gasteiger partial charge in [-0.3, -0.25) is 9.59 Å². The van der Waals surface area contributed by atoms with Crippen molar-refractivity contribution in [2.24, 2.45) is 0 Å². The van der Waals surface area contributed by atoms with Crippen molar-refractivity contribution < 1.29 is 23.5 Å². The number of hydrogen-bond donors (Lipinski definition) is 2. The third-order valence-electron chi connectivity index (χ3n) is 4.39. The molecule has 0 aliphatic heterocycles. The van der Waals surface area contributed by atoms with Crippen LogP contribution in [-0.2, 0) is 4.79 Å². The van der Waals surface area contributed by atoms with Crippen molar-refractivity contribution in [1.82, 2.24) is 10.6 Å². The molecular weight excluding hydrogens is 407 g/mol. The van der Waals surface area contributed by atoms with Gasteiger partial charge in [-0.15, -0.1) is 11.3 Å². The molecule has 3 aromatic rings. The molecule has 0 spiro atoms. The van der Waals surface area contributed by atoms with Crippen LogP contribution in [0.4, 0.5) is 4.39 Å². The average Bonchev–Trinajstić information content (AvgIpc) is 3.30. The highest BCUT2D eigenvalue weighted by atomic mass is 32.1. The van der Waals surface area contributed by atoms with Crippen LogP contribution >= 0.6 is 11.3 Å². The minimum atomic E-state index is -0.434. The highest BCUT2D eigenvalue weighted by molar-refractivity contribution is 7.10. The molecule has 0 fully saturated rings. The van der Waals surface area contributed by atoms with E-state index >= 15 is 0 Å². The smallest absolute Gasteiger partial charge is 0.251 e. The molecule has 1 atom stereocenters. The Labute approximate surface area is 177 Å². The van der Waals surface area contributed by atoms with E-state index in [1.165, 1.54) is 37.7 Å². The largest absolute Gasteiger partial charge is 0.493 e. The van der Waals surface area contributed by atoms with Gasteiger partial charge in [-0.25, -0.2) is 4.39 Å². The molecule has 0 bridgehead atoms. The Bertz CT molecular complexity index is 1010. The number of hydrogen-bond acceptors (Lipinski definition) is 5. The van der Waals surface area contributed by atoms with E-state index < -0.39 is 11.9 Å². The van der Waals surface area contributed by atoms with Crippen molar-refractivity contribution >= 4 is 23.2 Å². The summed E-state index contributed by atoms with van der Waals surface area (Å²) >= 11 is 1.48. The third-order valence-corrected chi connectivity index (χ3v) is 5.33. The molecule has 0 saturated carbocycles. The first-order chi connectivity index (χ1) is 14.5. The van der Waals surface area contributed by atoms with E-state index in [1.54, 1.807) is 30.3 Å².